The summed E-state index contributed by atoms with van der Waals surface area (Å²) in [7, 11) is 0. The summed E-state index contributed by atoms with van der Waals surface area (Å²) in [6.45, 7) is 15.4. The van der Waals surface area contributed by atoms with Gasteiger partial charge in [0.1, 0.15) is 0 Å². The number of para-hydroxylation sites is 3. The molecule has 4 aliphatic heterocycles. The number of aromatic nitrogens is 1. The number of rotatable bonds is 1. The van der Waals surface area contributed by atoms with E-state index in [-0.39, 0.29) is 28.6 Å². The zero-order valence-corrected chi connectivity index (χ0v) is 33.6. The fourth-order valence-corrected chi connectivity index (χ4v) is 14.2. The standard InChI is InChI=1S/C52H48BN3/c1-31-28-32(2)45-48-44(31)50(4)25-13-14-26-51(50,5)56(48)43-30-34(29-42-46(43)53(45)39-21-15-18-36-35-17-8-11-22-40(35)54(42)47(36)39)55-41-23-12-10-20-38(41)49(3)27-24-33-16-7-9-19-37(33)52(49,55)6/h7-12,15-23,28-30H,13-14,24-27H2,1-6H3. The summed E-state index contributed by atoms with van der Waals surface area (Å²) in [4.78, 5) is 5.73. The largest absolute Gasteiger partial charge is 0.335 e. The van der Waals surface area contributed by atoms with Crippen molar-refractivity contribution in [3.05, 3.63) is 143 Å². The number of hydrogen-bond acceptors (Lipinski definition) is 2. The molecular formula is C52H48BN3. The van der Waals surface area contributed by atoms with Crippen molar-refractivity contribution in [2.75, 3.05) is 9.80 Å². The molecular weight excluding hydrogens is 677 g/mol. The first-order valence-corrected chi connectivity index (χ1v) is 21.3. The average molecular weight is 726 g/mol. The summed E-state index contributed by atoms with van der Waals surface area (Å²) in [5, 5.41) is 2.70. The molecule has 7 aromatic rings. The van der Waals surface area contributed by atoms with Gasteiger partial charge < -0.3 is 14.4 Å². The second-order valence-corrected chi connectivity index (χ2v) is 19.1. The summed E-state index contributed by atoms with van der Waals surface area (Å²) in [6, 6.07) is 42.9. The smallest absolute Gasteiger partial charge is 0.252 e. The van der Waals surface area contributed by atoms with Crippen LogP contribution in [-0.4, -0.2) is 16.8 Å². The Bertz CT molecular complexity index is 2960. The Kier molecular flexibility index (Phi) is 5.71. The van der Waals surface area contributed by atoms with Crippen molar-refractivity contribution in [1.29, 1.82) is 0 Å². The molecule has 6 aromatic carbocycles. The first-order chi connectivity index (χ1) is 27.1. The molecule has 1 fully saturated rings. The number of nitrogens with zero attached hydrogens (tertiary/aromatic N) is 3. The molecule has 1 aromatic heterocycles. The molecule has 0 bridgehead atoms. The van der Waals surface area contributed by atoms with Gasteiger partial charge in [0.05, 0.1) is 16.6 Å². The molecule has 4 unspecified atom stereocenters. The maximum Gasteiger partial charge on any atom is 0.252 e. The molecule has 1 saturated carbocycles. The van der Waals surface area contributed by atoms with Gasteiger partial charge >= 0.3 is 0 Å². The van der Waals surface area contributed by atoms with Crippen molar-refractivity contribution in [2.45, 2.75) is 102 Å². The molecule has 274 valence electrons. The Morgan fingerprint density at radius 1 is 0.589 bits per heavy atom. The number of benzene rings is 6. The summed E-state index contributed by atoms with van der Waals surface area (Å²) < 4.78 is 2.67. The first kappa shape index (κ1) is 31.9. The lowest BCUT2D eigenvalue weighted by molar-refractivity contribution is 0.194. The van der Waals surface area contributed by atoms with E-state index in [0.717, 1.165) is 12.8 Å². The van der Waals surface area contributed by atoms with E-state index in [0.29, 0.717) is 0 Å². The zero-order chi connectivity index (χ0) is 37.7. The van der Waals surface area contributed by atoms with Crippen molar-refractivity contribution >= 4 is 67.7 Å². The van der Waals surface area contributed by atoms with Crippen LogP contribution in [0.5, 0.6) is 0 Å². The van der Waals surface area contributed by atoms with E-state index in [1.807, 2.05) is 0 Å². The number of hydrogen-bond donors (Lipinski definition) is 0. The Labute approximate surface area is 331 Å². The second-order valence-electron chi connectivity index (χ2n) is 19.1. The highest BCUT2D eigenvalue weighted by molar-refractivity contribution is 7.00. The third-order valence-electron chi connectivity index (χ3n) is 17.0. The molecule has 2 aliphatic carbocycles. The molecule has 4 atom stereocenters. The third kappa shape index (κ3) is 3.26. The van der Waals surface area contributed by atoms with Gasteiger partial charge in [0.25, 0.3) is 6.71 Å². The van der Waals surface area contributed by atoms with Crippen LogP contribution in [0.1, 0.15) is 93.2 Å². The number of fused-ring (bicyclic) bond motifs is 15. The Morgan fingerprint density at radius 3 is 2.20 bits per heavy atom. The summed E-state index contributed by atoms with van der Waals surface area (Å²) >= 11 is 0. The van der Waals surface area contributed by atoms with Gasteiger partial charge in [-0.05, 0) is 122 Å². The van der Waals surface area contributed by atoms with E-state index >= 15 is 0 Å². The minimum Gasteiger partial charge on any atom is -0.335 e. The van der Waals surface area contributed by atoms with E-state index in [1.54, 1.807) is 11.0 Å². The average Bonchev–Trinajstić information content (AvgIpc) is 3.74. The molecule has 3 nitrogen and oxygen atoms in total. The predicted molar refractivity (Wildman–Crippen MR) is 236 cm³/mol. The highest BCUT2D eigenvalue weighted by atomic mass is 15.3. The van der Waals surface area contributed by atoms with E-state index < -0.39 is 0 Å². The van der Waals surface area contributed by atoms with Crippen molar-refractivity contribution in [2.24, 2.45) is 0 Å². The molecule has 56 heavy (non-hydrogen) atoms. The van der Waals surface area contributed by atoms with Gasteiger partial charge in [-0.2, -0.15) is 0 Å². The van der Waals surface area contributed by atoms with Crippen LogP contribution in [0.15, 0.2) is 109 Å². The van der Waals surface area contributed by atoms with E-state index in [4.69, 9.17) is 0 Å². The topological polar surface area (TPSA) is 11.4 Å². The lowest BCUT2D eigenvalue weighted by Gasteiger charge is -2.53. The molecule has 4 heteroatoms. The summed E-state index contributed by atoms with van der Waals surface area (Å²) in [5.74, 6) is 0. The van der Waals surface area contributed by atoms with Gasteiger partial charge in [-0.15, -0.1) is 0 Å². The highest BCUT2D eigenvalue weighted by Crippen LogP contribution is 2.66. The van der Waals surface area contributed by atoms with Gasteiger partial charge in [0.15, 0.2) is 0 Å². The molecule has 6 aliphatic rings. The van der Waals surface area contributed by atoms with Gasteiger partial charge in [-0.25, -0.2) is 0 Å². The number of anilines is 4. The minimum atomic E-state index is -0.272. The summed E-state index contributed by atoms with van der Waals surface area (Å²) in [5.41, 5.74) is 22.8. The van der Waals surface area contributed by atoms with Crippen LogP contribution in [0.25, 0.3) is 27.5 Å². The normalized spacial score (nSPS) is 27.2. The van der Waals surface area contributed by atoms with Crippen molar-refractivity contribution in [3.63, 3.8) is 0 Å². The highest BCUT2D eigenvalue weighted by Gasteiger charge is 2.63. The molecule has 0 amide bonds. The van der Waals surface area contributed by atoms with Crippen molar-refractivity contribution in [3.8, 4) is 5.69 Å². The molecule has 0 spiro atoms. The molecule has 0 saturated heterocycles. The van der Waals surface area contributed by atoms with Crippen LogP contribution in [-0.2, 0) is 22.8 Å². The van der Waals surface area contributed by atoms with Crippen LogP contribution in [0.4, 0.5) is 22.7 Å². The lowest BCUT2D eigenvalue weighted by atomic mass is 9.33. The first-order valence-electron chi connectivity index (χ1n) is 21.3. The van der Waals surface area contributed by atoms with Gasteiger partial charge in [-0.1, -0.05) is 117 Å². The summed E-state index contributed by atoms with van der Waals surface area (Å²) in [6.07, 6.45) is 7.23. The van der Waals surface area contributed by atoms with E-state index in [2.05, 4.69) is 165 Å². The van der Waals surface area contributed by atoms with Crippen LogP contribution in [0.2, 0.25) is 0 Å². The van der Waals surface area contributed by atoms with E-state index in [9.17, 15) is 0 Å². The van der Waals surface area contributed by atoms with Crippen molar-refractivity contribution in [1.82, 2.24) is 4.57 Å². The predicted octanol–water partition coefficient (Wildman–Crippen LogP) is 10.6. The molecule has 0 radical (unpaired) electrons. The lowest BCUT2D eigenvalue weighted by Crippen LogP contribution is -2.64. The minimum absolute atomic E-state index is 0.0396. The third-order valence-corrected chi connectivity index (χ3v) is 17.0. The fourth-order valence-electron chi connectivity index (χ4n) is 14.2. The SMILES string of the molecule is Cc1cc(C)c2c3c1B1c4c(cc(N5c6ccccc6C6(C)CCc7ccccc7C56C)cc4-n4c5ccccc5c5cccc1c54)N3C1(C)CCCCC21C. The van der Waals surface area contributed by atoms with Crippen LogP contribution < -0.4 is 26.2 Å². The van der Waals surface area contributed by atoms with Gasteiger partial charge in [0, 0.05) is 55.6 Å². The second kappa shape index (κ2) is 10.0. The van der Waals surface area contributed by atoms with Gasteiger partial charge in [-0.3, -0.25) is 0 Å². The number of aryl methyl sites for hydroxylation is 3. The Balaban J connectivity index is 1.22. The molecule has 5 heterocycles. The molecule has 13 rings (SSSR count). The monoisotopic (exact) mass is 725 g/mol. The maximum atomic E-state index is 2.94. The van der Waals surface area contributed by atoms with Crippen LogP contribution in [0.3, 0.4) is 0 Å². The fraction of sp³-hybridized carbons (Fsp3) is 0.308. The quantitative estimate of drug-likeness (QED) is 0.156. The zero-order valence-electron chi connectivity index (χ0n) is 33.6. The van der Waals surface area contributed by atoms with Crippen LogP contribution in [0, 0.1) is 13.8 Å². The molecule has 0 N–H and O–H groups in total. The van der Waals surface area contributed by atoms with Crippen molar-refractivity contribution < 1.29 is 0 Å². The van der Waals surface area contributed by atoms with E-state index in [1.165, 1.54) is 115 Å². The maximum absolute atomic E-state index is 2.94. The Morgan fingerprint density at radius 2 is 1.32 bits per heavy atom. The van der Waals surface area contributed by atoms with Gasteiger partial charge in [0.2, 0.25) is 0 Å². The van der Waals surface area contributed by atoms with Crippen LogP contribution >= 0.6 is 0 Å². The Hall–Kier alpha value is -5.22.